The molecule has 1 aromatic carbocycles. The van der Waals surface area contributed by atoms with Crippen LogP contribution in [0.3, 0.4) is 0 Å². The Labute approximate surface area is 157 Å². The third-order valence-electron chi connectivity index (χ3n) is 5.22. The van der Waals surface area contributed by atoms with Gasteiger partial charge in [0.15, 0.2) is 0 Å². The number of rotatable bonds is 12. The Kier molecular flexibility index (Phi) is 8.32. The Morgan fingerprint density at radius 3 is 1.27 bits per heavy atom. The summed E-state index contributed by atoms with van der Waals surface area (Å²) in [5.41, 5.74) is 1.29. The van der Waals surface area contributed by atoms with Gasteiger partial charge in [-0.25, -0.2) is 0 Å². The molecule has 0 heterocycles. The van der Waals surface area contributed by atoms with Gasteiger partial charge >= 0.3 is 11.9 Å². The fourth-order valence-corrected chi connectivity index (χ4v) is 2.88. The molecule has 146 valence electrons. The molecule has 0 saturated heterocycles. The van der Waals surface area contributed by atoms with Gasteiger partial charge in [0.25, 0.3) is 0 Å². The molecule has 1 rings (SSSR count). The molecular weight excluding hydrogens is 328 g/mol. The number of benzene rings is 1. The van der Waals surface area contributed by atoms with Crippen LogP contribution in [0, 0.1) is 10.8 Å². The van der Waals surface area contributed by atoms with E-state index < -0.39 is 22.8 Å². The lowest BCUT2D eigenvalue weighted by Gasteiger charge is -2.18. The summed E-state index contributed by atoms with van der Waals surface area (Å²) in [5, 5.41) is 18.2. The molecule has 2 N–H and O–H groups in total. The average molecular weight is 363 g/mol. The largest absolute Gasteiger partial charge is 0.481 e. The molecule has 1 aromatic rings. The number of carboxylic acids is 2. The number of aryl methyl sites for hydroxylation is 2. The lowest BCUT2D eigenvalue weighted by molar-refractivity contribution is -0.148. The molecular formula is C22H34O4. The molecule has 0 saturated carbocycles. The van der Waals surface area contributed by atoms with Gasteiger partial charge in [-0.1, -0.05) is 37.1 Å². The molecule has 0 unspecified atom stereocenters. The van der Waals surface area contributed by atoms with Crippen molar-refractivity contribution in [1.82, 2.24) is 0 Å². The third-order valence-corrected chi connectivity index (χ3v) is 5.22. The van der Waals surface area contributed by atoms with Crippen molar-refractivity contribution in [2.24, 2.45) is 10.8 Å². The van der Waals surface area contributed by atoms with E-state index in [1.165, 1.54) is 11.1 Å². The molecule has 0 fully saturated rings. The first-order valence-electron chi connectivity index (χ1n) is 9.59. The SMILES string of the molecule is CC(C)(CCCCc1ccc(CCCCC(C)(C)C(=O)O)cc1)C(=O)O. The number of hydrogen-bond acceptors (Lipinski definition) is 2. The summed E-state index contributed by atoms with van der Waals surface area (Å²) in [6.45, 7) is 7.12. The van der Waals surface area contributed by atoms with E-state index in [2.05, 4.69) is 24.3 Å². The van der Waals surface area contributed by atoms with Crippen molar-refractivity contribution in [3.63, 3.8) is 0 Å². The molecule has 0 bridgehead atoms. The van der Waals surface area contributed by atoms with Gasteiger partial charge in [-0.2, -0.15) is 0 Å². The summed E-state index contributed by atoms with van der Waals surface area (Å²) in [4.78, 5) is 22.2. The van der Waals surface area contributed by atoms with Crippen LogP contribution < -0.4 is 0 Å². The van der Waals surface area contributed by atoms with Crippen LogP contribution in [-0.4, -0.2) is 22.2 Å². The molecule has 0 aliphatic rings. The van der Waals surface area contributed by atoms with E-state index in [0.717, 1.165) is 38.5 Å². The number of hydrogen-bond donors (Lipinski definition) is 2. The summed E-state index contributed by atoms with van der Waals surface area (Å²) in [7, 11) is 0. The second-order valence-corrected chi connectivity index (χ2v) is 8.61. The predicted molar refractivity (Wildman–Crippen MR) is 104 cm³/mol. The molecule has 0 amide bonds. The highest BCUT2D eigenvalue weighted by atomic mass is 16.4. The van der Waals surface area contributed by atoms with Gasteiger partial charge in [-0.05, 0) is 77.3 Å². The van der Waals surface area contributed by atoms with Crippen LogP contribution in [0.2, 0.25) is 0 Å². The van der Waals surface area contributed by atoms with Crippen LogP contribution in [0.15, 0.2) is 24.3 Å². The number of carbonyl (C=O) groups is 2. The maximum absolute atomic E-state index is 11.1. The molecule has 4 nitrogen and oxygen atoms in total. The smallest absolute Gasteiger partial charge is 0.309 e. The first-order valence-corrected chi connectivity index (χ1v) is 9.59. The van der Waals surface area contributed by atoms with Gasteiger partial charge in [0.1, 0.15) is 0 Å². The Balaban J connectivity index is 2.29. The van der Waals surface area contributed by atoms with Crippen molar-refractivity contribution in [2.45, 2.75) is 79.1 Å². The van der Waals surface area contributed by atoms with Crippen LogP contribution in [-0.2, 0) is 22.4 Å². The minimum Gasteiger partial charge on any atom is -0.481 e. The Morgan fingerprint density at radius 2 is 1.00 bits per heavy atom. The molecule has 4 heteroatoms. The van der Waals surface area contributed by atoms with Crippen molar-refractivity contribution >= 4 is 11.9 Å². The van der Waals surface area contributed by atoms with Gasteiger partial charge in [0.05, 0.1) is 10.8 Å². The van der Waals surface area contributed by atoms with E-state index in [4.69, 9.17) is 10.2 Å². The van der Waals surface area contributed by atoms with Crippen molar-refractivity contribution in [2.75, 3.05) is 0 Å². The summed E-state index contributed by atoms with van der Waals surface area (Å²) in [5.74, 6) is -1.46. The standard InChI is InChI=1S/C22H34O4/c1-21(2,19(23)24)15-7-5-9-17-11-13-18(14-12-17)10-6-8-16-22(3,4)20(25)26/h11-14H,5-10,15-16H2,1-4H3,(H,23,24)(H,25,26). The first-order chi connectivity index (χ1) is 12.0. The lowest BCUT2D eigenvalue weighted by Crippen LogP contribution is -2.23. The fourth-order valence-electron chi connectivity index (χ4n) is 2.88. The van der Waals surface area contributed by atoms with E-state index in [1.54, 1.807) is 27.7 Å². The van der Waals surface area contributed by atoms with E-state index in [9.17, 15) is 9.59 Å². The van der Waals surface area contributed by atoms with Gasteiger partial charge in [-0.3, -0.25) is 9.59 Å². The molecule has 0 spiro atoms. The van der Waals surface area contributed by atoms with Crippen LogP contribution in [0.4, 0.5) is 0 Å². The van der Waals surface area contributed by atoms with Gasteiger partial charge < -0.3 is 10.2 Å². The molecule has 26 heavy (non-hydrogen) atoms. The quantitative estimate of drug-likeness (QED) is 0.493. The zero-order valence-electron chi connectivity index (χ0n) is 16.7. The van der Waals surface area contributed by atoms with Crippen molar-refractivity contribution in [1.29, 1.82) is 0 Å². The minimum absolute atomic E-state index is 0.640. The second kappa shape index (κ2) is 9.75. The fraction of sp³-hybridized carbons (Fsp3) is 0.636. The van der Waals surface area contributed by atoms with Gasteiger partial charge in [0.2, 0.25) is 0 Å². The highest BCUT2D eigenvalue weighted by molar-refractivity contribution is 5.73. The summed E-state index contributed by atoms with van der Waals surface area (Å²) in [6.07, 6.45) is 7.19. The van der Waals surface area contributed by atoms with E-state index in [-0.39, 0.29) is 0 Å². The van der Waals surface area contributed by atoms with Crippen molar-refractivity contribution in [3.8, 4) is 0 Å². The van der Waals surface area contributed by atoms with E-state index >= 15 is 0 Å². The highest BCUT2D eigenvalue weighted by Gasteiger charge is 2.26. The van der Waals surface area contributed by atoms with Crippen molar-refractivity contribution < 1.29 is 19.8 Å². The zero-order valence-corrected chi connectivity index (χ0v) is 16.7. The summed E-state index contributed by atoms with van der Waals surface area (Å²) < 4.78 is 0. The van der Waals surface area contributed by atoms with Crippen LogP contribution in [0.5, 0.6) is 0 Å². The number of carboxylic acid groups (broad SMARTS) is 2. The second-order valence-electron chi connectivity index (χ2n) is 8.61. The van der Waals surface area contributed by atoms with Crippen molar-refractivity contribution in [3.05, 3.63) is 35.4 Å². The molecule has 0 aliphatic heterocycles. The zero-order chi connectivity index (χ0) is 19.8. The molecule has 0 atom stereocenters. The van der Waals surface area contributed by atoms with Crippen LogP contribution in [0.1, 0.15) is 77.3 Å². The number of unbranched alkanes of at least 4 members (excludes halogenated alkanes) is 2. The summed E-state index contributed by atoms with van der Waals surface area (Å²) in [6, 6.07) is 8.61. The minimum atomic E-state index is -0.728. The summed E-state index contributed by atoms with van der Waals surface area (Å²) >= 11 is 0. The predicted octanol–water partition coefficient (Wildman–Crippen LogP) is 5.33. The maximum atomic E-state index is 11.1. The monoisotopic (exact) mass is 362 g/mol. The molecule has 0 radical (unpaired) electrons. The topological polar surface area (TPSA) is 74.6 Å². The van der Waals surface area contributed by atoms with E-state index in [0.29, 0.717) is 12.8 Å². The van der Waals surface area contributed by atoms with Crippen LogP contribution in [0.25, 0.3) is 0 Å². The molecule has 0 aliphatic carbocycles. The first kappa shape index (κ1) is 22.2. The van der Waals surface area contributed by atoms with Gasteiger partial charge in [0, 0.05) is 0 Å². The third kappa shape index (κ3) is 7.59. The average Bonchev–Trinajstić information content (AvgIpc) is 2.56. The Morgan fingerprint density at radius 1 is 0.692 bits per heavy atom. The molecule has 0 aromatic heterocycles. The van der Waals surface area contributed by atoms with E-state index in [1.807, 2.05) is 0 Å². The maximum Gasteiger partial charge on any atom is 0.309 e. The Bertz CT molecular complexity index is 532. The Hall–Kier alpha value is -1.84. The number of aliphatic carboxylic acids is 2. The van der Waals surface area contributed by atoms with Gasteiger partial charge in [-0.15, -0.1) is 0 Å². The highest BCUT2D eigenvalue weighted by Crippen LogP contribution is 2.25. The lowest BCUT2D eigenvalue weighted by atomic mass is 9.86. The van der Waals surface area contributed by atoms with Crippen LogP contribution >= 0.6 is 0 Å². The normalized spacial score (nSPS) is 12.2.